The summed E-state index contributed by atoms with van der Waals surface area (Å²) in [6.45, 7) is 7.50. The van der Waals surface area contributed by atoms with Gasteiger partial charge in [-0.15, -0.1) is 0 Å². The van der Waals surface area contributed by atoms with Crippen molar-refractivity contribution in [2.24, 2.45) is 0 Å². The minimum Gasteiger partial charge on any atom is -0.462 e. The molecular formula is C55H94O5. The molecule has 0 spiro atoms. The van der Waals surface area contributed by atoms with Crippen LogP contribution >= 0.6 is 0 Å². The van der Waals surface area contributed by atoms with Gasteiger partial charge in [-0.05, 0) is 89.9 Å². The minimum atomic E-state index is -0.569. The van der Waals surface area contributed by atoms with Crippen molar-refractivity contribution < 1.29 is 23.8 Å². The van der Waals surface area contributed by atoms with Crippen molar-refractivity contribution in [1.29, 1.82) is 0 Å². The summed E-state index contributed by atoms with van der Waals surface area (Å²) >= 11 is 0. The lowest BCUT2D eigenvalue weighted by Crippen LogP contribution is -2.30. The Balaban J connectivity index is 4.36. The molecule has 1 unspecified atom stereocenters. The van der Waals surface area contributed by atoms with Crippen LogP contribution in [0.25, 0.3) is 0 Å². The summed E-state index contributed by atoms with van der Waals surface area (Å²) in [4.78, 5) is 25.3. The highest BCUT2D eigenvalue weighted by atomic mass is 16.6. The fourth-order valence-electron chi connectivity index (χ4n) is 6.75. The van der Waals surface area contributed by atoms with E-state index in [1.165, 1.54) is 83.5 Å². The van der Waals surface area contributed by atoms with Crippen molar-refractivity contribution >= 4 is 11.9 Å². The third-order valence-electron chi connectivity index (χ3n) is 10.4. The monoisotopic (exact) mass is 835 g/mol. The number of hydrogen-bond donors (Lipinski definition) is 0. The first-order valence-corrected chi connectivity index (χ1v) is 25.1. The number of rotatable bonds is 45. The largest absolute Gasteiger partial charge is 0.462 e. The molecule has 0 rings (SSSR count). The van der Waals surface area contributed by atoms with Crippen LogP contribution in [0.2, 0.25) is 0 Å². The molecule has 0 heterocycles. The van der Waals surface area contributed by atoms with E-state index in [4.69, 9.17) is 14.2 Å². The molecule has 0 saturated carbocycles. The van der Waals surface area contributed by atoms with Gasteiger partial charge in [0.1, 0.15) is 6.61 Å². The van der Waals surface area contributed by atoms with Gasteiger partial charge < -0.3 is 14.2 Å². The molecule has 0 radical (unpaired) electrons. The first kappa shape index (κ1) is 57.1. The maximum atomic E-state index is 12.8. The van der Waals surface area contributed by atoms with Gasteiger partial charge in [0.2, 0.25) is 0 Å². The van der Waals surface area contributed by atoms with E-state index >= 15 is 0 Å². The molecule has 344 valence electrons. The number of unbranched alkanes of at least 4 members (excludes halogenated alkanes) is 20. The molecular weight excluding hydrogens is 741 g/mol. The summed E-state index contributed by atoms with van der Waals surface area (Å²) in [5, 5.41) is 0. The van der Waals surface area contributed by atoms with Crippen LogP contribution in [0.1, 0.15) is 226 Å². The van der Waals surface area contributed by atoms with Crippen molar-refractivity contribution in [1.82, 2.24) is 0 Å². The van der Waals surface area contributed by atoms with Gasteiger partial charge in [-0.3, -0.25) is 9.59 Å². The Bertz CT molecular complexity index is 1130. The van der Waals surface area contributed by atoms with E-state index in [1.807, 2.05) is 0 Å². The van der Waals surface area contributed by atoms with Crippen LogP contribution in [0.5, 0.6) is 0 Å². The Hall–Kier alpha value is -2.92. The van der Waals surface area contributed by atoms with Gasteiger partial charge in [0.15, 0.2) is 6.10 Å². The molecule has 5 heteroatoms. The maximum absolute atomic E-state index is 12.8. The van der Waals surface area contributed by atoms with E-state index in [0.29, 0.717) is 19.4 Å². The van der Waals surface area contributed by atoms with E-state index in [-0.39, 0.29) is 25.2 Å². The molecule has 1 atom stereocenters. The Labute approximate surface area is 371 Å². The lowest BCUT2D eigenvalue weighted by atomic mass is 10.0. The third-order valence-corrected chi connectivity index (χ3v) is 10.4. The Kier molecular flexibility index (Phi) is 48.0. The highest BCUT2D eigenvalue weighted by Crippen LogP contribution is 2.14. The molecule has 0 aliphatic rings. The molecule has 60 heavy (non-hydrogen) atoms. The quantitative estimate of drug-likeness (QED) is 0.0347. The molecule has 0 aromatic carbocycles. The highest BCUT2D eigenvalue weighted by molar-refractivity contribution is 5.70. The third kappa shape index (κ3) is 47.8. The fourth-order valence-corrected chi connectivity index (χ4v) is 6.75. The molecule has 0 bridgehead atoms. The van der Waals surface area contributed by atoms with Crippen LogP contribution in [0.3, 0.4) is 0 Å². The normalized spacial score (nSPS) is 12.9. The average Bonchev–Trinajstić information content (AvgIpc) is 3.25. The number of carbonyl (C=O) groups excluding carboxylic acids is 2. The Morgan fingerprint density at radius 3 is 1.20 bits per heavy atom. The smallest absolute Gasteiger partial charge is 0.306 e. The summed E-state index contributed by atoms with van der Waals surface area (Å²) in [5.41, 5.74) is 0. The van der Waals surface area contributed by atoms with Gasteiger partial charge >= 0.3 is 11.9 Å². The first-order valence-electron chi connectivity index (χ1n) is 25.1. The SMILES string of the molecule is CC/C=C\C/C=C\C/C=C\C/C=C\CCCCCOCC(COC(=O)CCCCCCCCCCCCCCCCC)OC(=O)CCCCC/C=C\C/C=C\C/C=C\CC. The maximum Gasteiger partial charge on any atom is 0.306 e. The molecule has 5 nitrogen and oxygen atoms in total. The molecule has 0 aliphatic carbocycles. The zero-order valence-electron chi connectivity index (χ0n) is 39.5. The zero-order valence-corrected chi connectivity index (χ0v) is 39.5. The van der Waals surface area contributed by atoms with Gasteiger partial charge in [0.05, 0.1) is 6.61 Å². The second kappa shape index (κ2) is 50.4. The topological polar surface area (TPSA) is 61.8 Å². The van der Waals surface area contributed by atoms with Crippen LogP contribution in [-0.4, -0.2) is 37.9 Å². The van der Waals surface area contributed by atoms with Crippen molar-refractivity contribution in [2.45, 2.75) is 232 Å². The fraction of sp³-hybridized carbons (Fsp3) is 0.709. The summed E-state index contributed by atoms with van der Waals surface area (Å²) in [5.74, 6) is -0.448. The van der Waals surface area contributed by atoms with Crippen molar-refractivity contribution in [3.05, 3.63) is 85.1 Å². The molecule has 0 aromatic rings. The number of carbonyl (C=O) groups is 2. The first-order chi connectivity index (χ1) is 29.6. The molecule has 0 aromatic heterocycles. The lowest BCUT2D eigenvalue weighted by Gasteiger charge is -2.18. The average molecular weight is 835 g/mol. The highest BCUT2D eigenvalue weighted by Gasteiger charge is 2.17. The molecule has 0 N–H and O–H groups in total. The molecule has 0 aliphatic heterocycles. The Morgan fingerprint density at radius 2 is 0.750 bits per heavy atom. The number of esters is 2. The zero-order chi connectivity index (χ0) is 43.5. The summed E-state index contributed by atoms with van der Waals surface area (Å²) in [6, 6.07) is 0. The second-order valence-corrected chi connectivity index (χ2v) is 16.3. The van der Waals surface area contributed by atoms with Crippen LogP contribution in [0.4, 0.5) is 0 Å². The van der Waals surface area contributed by atoms with Gasteiger partial charge in [0.25, 0.3) is 0 Å². The van der Waals surface area contributed by atoms with E-state index in [1.54, 1.807) is 0 Å². The summed E-state index contributed by atoms with van der Waals surface area (Å²) in [7, 11) is 0. The van der Waals surface area contributed by atoms with Gasteiger partial charge in [-0.2, -0.15) is 0 Å². The predicted octanol–water partition coefficient (Wildman–Crippen LogP) is 16.9. The van der Waals surface area contributed by atoms with Gasteiger partial charge in [0, 0.05) is 19.4 Å². The van der Waals surface area contributed by atoms with Crippen LogP contribution in [-0.2, 0) is 23.8 Å². The number of hydrogen-bond acceptors (Lipinski definition) is 5. The second-order valence-electron chi connectivity index (χ2n) is 16.3. The van der Waals surface area contributed by atoms with Crippen molar-refractivity contribution in [3.63, 3.8) is 0 Å². The van der Waals surface area contributed by atoms with E-state index < -0.39 is 6.10 Å². The van der Waals surface area contributed by atoms with Gasteiger partial charge in [-0.1, -0.05) is 209 Å². The van der Waals surface area contributed by atoms with Crippen LogP contribution in [0, 0.1) is 0 Å². The van der Waals surface area contributed by atoms with E-state index in [0.717, 1.165) is 109 Å². The Morgan fingerprint density at radius 1 is 0.383 bits per heavy atom. The minimum absolute atomic E-state index is 0.0588. The number of allylic oxidation sites excluding steroid dienone is 14. The van der Waals surface area contributed by atoms with Crippen LogP contribution in [0.15, 0.2) is 85.1 Å². The number of ether oxygens (including phenoxy) is 3. The van der Waals surface area contributed by atoms with Crippen molar-refractivity contribution in [3.8, 4) is 0 Å². The van der Waals surface area contributed by atoms with E-state index in [2.05, 4.69) is 106 Å². The van der Waals surface area contributed by atoms with Crippen molar-refractivity contribution in [2.75, 3.05) is 19.8 Å². The summed E-state index contributed by atoms with van der Waals surface area (Å²) in [6.07, 6.45) is 65.9. The molecule has 0 amide bonds. The van der Waals surface area contributed by atoms with Crippen LogP contribution < -0.4 is 0 Å². The standard InChI is InChI=1S/C55H94O5/c1-4-7-10-13-16-19-22-25-27-29-32-35-38-41-44-47-50-58-51-53(60-55(57)49-46-43-40-37-34-30-24-21-18-15-12-9-6-3)52-59-54(56)48-45-42-39-36-33-31-28-26-23-20-17-14-11-8-5-2/h7,9-10,12,16,18-19,21,25,27,30,32,34-35,53H,4-6,8,11,13-15,17,20,22-24,26,28-29,31,33,36-52H2,1-3H3/b10-7-,12-9-,19-16-,21-18-,27-25-,34-30-,35-32-. The summed E-state index contributed by atoms with van der Waals surface area (Å²) < 4.78 is 17.3. The van der Waals surface area contributed by atoms with E-state index in [9.17, 15) is 9.59 Å². The molecule has 0 saturated heterocycles. The lowest BCUT2D eigenvalue weighted by molar-refractivity contribution is -0.163. The molecule has 0 fully saturated rings. The predicted molar refractivity (Wildman–Crippen MR) is 260 cm³/mol. The van der Waals surface area contributed by atoms with Gasteiger partial charge in [-0.25, -0.2) is 0 Å².